The summed E-state index contributed by atoms with van der Waals surface area (Å²) in [5.74, 6) is 0.912. The van der Waals surface area contributed by atoms with Gasteiger partial charge in [0.25, 0.3) is 0 Å². The minimum absolute atomic E-state index is 0.127. The molecule has 0 radical (unpaired) electrons. The summed E-state index contributed by atoms with van der Waals surface area (Å²) in [4.78, 5) is 2.51. The Bertz CT molecular complexity index is 722. The van der Waals surface area contributed by atoms with Crippen LogP contribution in [0.4, 0.5) is 0 Å². The van der Waals surface area contributed by atoms with Gasteiger partial charge in [-0.2, -0.15) is 0 Å². The second-order valence-electron chi connectivity index (χ2n) is 8.54. The Hall–Kier alpha value is -1.79. The number of aromatic nitrogens is 4. The van der Waals surface area contributed by atoms with Crippen molar-refractivity contribution >= 4 is 0 Å². The fraction of sp³-hybridized carbons (Fsp3) is 0.632. The van der Waals surface area contributed by atoms with Crippen LogP contribution in [0, 0.1) is 0 Å². The van der Waals surface area contributed by atoms with Crippen molar-refractivity contribution in [2.45, 2.75) is 76.2 Å². The Labute approximate surface area is 148 Å². The van der Waals surface area contributed by atoms with E-state index in [4.69, 9.17) is 0 Å². The highest BCUT2D eigenvalue weighted by Crippen LogP contribution is 2.46. The van der Waals surface area contributed by atoms with Crippen molar-refractivity contribution in [2.75, 3.05) is 0 Å². The van der Waals surface area contributed by atoms with Gasteiger partial charge in [0.2, 0.25) is 0 Å². The molecule has 0 amide bonds. The summed E-state index contributed by atoms with van der Waals surface area (Å²) in [6.45, 7) is 7.11. The lowest BCUT2D eigenvalue weighted by Gasteiger charge is -2.44. The molecule has 2 aliphatic heterocycles. The molecule has 2 aliphatic rings. The van der Waals surface area contributed by atoms with Crippen molar-refractivity contribution in [1.29, 1.82) is 0 Å². The summed E-state index contributed by atoms with van der Waals surface area (Å²) in [5, 5.41) is 23.6. The van der Waals surface area contributed by atoms with Crippen molar-refractivity contribution in [3.63, 3.8) is 0 Å². The predicted molar refractivity (Wildman–Crippen MR) is 94.7 cm³/mol. The highest BCUT2D eigenvalue weighted by molar-refractivity contribution is 5.25. The van der Waals surface area contributed by atoms with Crippen LogP contribution in [-0.4, -0.2) is 42.3 Å². The Kier molecular flexibility index (Phi) is 3.92. The van der Waals surface area contributed by atoms with Gasteiger partial charge in [0.15, 0.2) is 5.82 Å². The van der Waals surface area contributed by atoms with Crippen molar-refractivity contribution in [2.24, 2.45) is 0 Å². The molecule has 2 aromatic rings. The fourth-order valence-corrected chi connectivity index (χ4v) is 4.55. The summed E-state index contributed by atoms with van der Waals surface area (Å²) in [6.07, 6.45) is 3.84. The number of piperidine rings is 1. The molecule has 1 aromatic carbocycles. The van der Waals surface area contributed by atoms with Gasteiger partial charge >= 0.3 is 0 Å². The van der Waals surface area contributed by atoms with Crippen LogP contribution in [0.25, 0.3) is 0 Å². The average Bonchev–Trinajstić information content (AvgIpc) is 3.13. The zero-order valence-corrected chi connectivity index (χ0v) is 15.3. The van der Waals surface area contributed by atoms with E-state index in [0.717, 1.165) is 43.6 Å². The van der Waals surface area contributed by atoms with Gasteiger partial charge in [-0.1, -0.05) is 30.3 Å². The molecule has 0 spiro atoms. The minimum atomic E-state index is -0.709. The largest absolute Gasteiger partial charge is 0.385 e. The third kappa shape index (κ3) is 2.98. The highest BCUT2D eigenvalue weighted by atomic mass is 16.3. The molecule has 3 heterocycles. The second kappa shape index (κ2) is 5.88. The van der Waals surface area contributed by atoms with Gasteiger partial charge in [0.1, 0.15) is 0 Å². The van der Waals surface area contributed by atoms with Gasteiger partial charge in [-0.15, -0.1) is 5.10 Å². The summed E-state index contributed by atoms with van der Waals surface area (Å²) in [7, 11) is 0. The maximum absolute atomic E-state index is 11.3. The summed E-state index contributed by atoms with van der Waals surface area (Å²) in [6, 6.07) is 10.9. The first kappa shape index (κ1) is 16.7. The molecule has 2 fully saturated rings. The first-order chi connectivity index (χ1) is 11.9. The lowest BCUT2D eigenvalue weighted by Crippen LogP contribution is -2.49. The van der Waals surface area contributed by atoms with Crippen LogP contribution in [0.3, 0.4) is 0 Å². The molecule has 0 aliphatic carbocycles. The number of aliphatic hydroxyl groups is 1. The molecule has 1 N–H and O–H groups in total. The van der Waals surface area contributed by atoms with Gasteiger partial charge in [-0.05, 0) is 62.4 Å². The zero-order chi connectivity index (χ0) is 17.7. The van der Waals surface area contributed by atoms with Gasteiger partial charge < -0.3 is 5.11 Å². The van der Waals surface area contributed by atoms with E-state index in [0.29, 0.717) is 12.1 Å². The quantitative estimate of drug-likeness (QED) is 0.929. The molecule has 6 heteroatoms. The van der Waals surface area contributed by atoms with E-state index in [1.54, 1.807) is 0 Å². The van der Waals surface area contributed by atoms with E-state index in [1.165, 1.54) is 0 Å². The van der Waals surface area contributed by atoms with Crippen molar-refractivity contribution in [3.8, 4) is 0 Å². The molecule has 1 aromatic heterocycles. The van der Waals surface area contributed by atoms with Crippen LogP contribution in [-0.2, 0) is 17.7 Å². The number of hydrogen-bond acceptors (Lipinski definition) is 5. The van der Waals surface area contributed by atoms with Gasteiger partial charge in [0, 0.05) is 12.1 Å². The molecule has 4 rings (SSSR count). The number of tetrazole rings is 1. The van der Waals surface area contributed by atoms with Crippen LogP contribution in [0.15, 0.2) is 30.3 Å². The van der Waals surface area contributed by atoms with E-state index in [1.807, 2.05) is 22.9 Å². The number of nitrogens with zero attached hydrogens (tertiary/aromatic N) is 5. The van der Waals surface area contributed by atoms with E-state index in [9.17, 15) is 5.11 Å². The molecule has 6 nitrogen and oxygen atoms in total. The van der Waals surface area contributed by atoms with Crippen molar-refractivity contribution in [3.05, 3.63) is 41.7 Å². The Morgan fingerprint density at radius 1 is 1.12 bits per heavy atom. The lowest BCUT2D eigenvalue weighted by molar-refractivity contribution is -0.0606. The smallest absolute Gasteiger partial charge is 0.165 e. The summed E-state index contributed by atoms with van der Waals surface area (Å²) < 4.78 is 1.92. The number of rotatable bonds is 3. The first-order valence-corrected chi connectivity index (χ1v) is 9.18. The lowest BCUT2D eigenvalue weighted by atomic mass is 9.80. The van der Waals surface area contributed by atoms with E-state index in [-0.39, 0.29) is 5.54 Å². The Morgan fingerprint density at radius 3 is 2.36 bits per heavy atom. The molecular formula is C19H27N5O. The Morgan fingerprint density at radius 2 is 1.76 bits per heavy atom. The minimum Gasteiger partial charge on any atom is -0.385 e. The van der Waals surface area contributed by atoms with Crippen LogP contribution in [0.2, 0.25) is 0 Å². The fourth-order valence-electron chi connectivity index (χ4n) is 4.55. The molecule has 25 heavy (non-hydrogen) atoms. The molecule has 134 valence electrons. The predicted octanol–water partition coefficient (Wildman–Crippen LogP) is 2.44. The van der Waals surface area contributed by atoms with Crippen LogP contribution in [0.1, 0.15) is 57.8 Å². The number of hydrogen-bond donors (Lipinski definition) is 1. The molecule has 2 bridgehead atoms. The SMILES string of the molecule is CC(C)(C)n1nnnc1CN1C2CCC1CC(O)(c1ccccc1)C2. The standard InChI is InChI=1S/C19H27N5O/c1-18(2,3)24-17(20-21-22-24)13-23-15-9-10-16(23)12-19(25,11-15)14-7-5-4-6-8-14/h4-8,15-16,25H,9-13H2,1-3H3. The third-order valence-electron chi connectivity index (χ3n) is 5.72. The molecule has 2 saturated heterocycles. The number of fused-ring (bicyclic) bond motifs is 2. The molecule has 2 unspecified atom stereocenters. The topological polar surface area (TPSA) is 67.1 Å². The van der Waals surface area contributed by atoms with Crippen LogP contribution in [0.5, 0.6) is 0 Å². The summed E-state index contributed by atoms with van der Waals surface area (Å²) in [5.41, 5.74) is 0.212. The average molecular weight is 341 g/mol. The normalized spacial score (nSPS) is 29.9. The van der Waals surface area contributed by atoms with Gasteiger partial charge in [0.05, 0.1) is 17.7 Å². The monoisotopic (exact) mass is 341 g/mol. The third-order valence-corrected chi connectivity index (χ3v) is 5.72. The maximum atomic E-state index is 11.3. The highest BCUT2D eigenvalue weighted by Gasteiger charge is 2.48. The van der Waals surface area contributed by atoms with E-state index < -0.39 is 5.60 Å². The van der Waals surface area contributed by atoms with Gasteiger partial charge in [-0.3, -0.25) is 4.90 Å². The summed E-state index contributed by atoms with van der Waals surface area (Å²) >= 11 is 0. The van der Waals surface area contributed by atoms with E-state index >= 15 is 0 Å². The molecular weight excluding hydrogens is 314 g/mol. The molecule has 0 saturated carbocycles. The van der Waals surface area contributed by atoms with Crippen LogP contribution >= 0.6 is 0 Å². The first-order valence-electron chi connectivity index (χ1n) is 9.18. The number of benzene rings is 1. The molecule has 2 atom stereocenters. The zero-order valence-electron chi connectivity index (χ0n) is 15.3. The van der Waals surface area contributed by atoms with Crippen molar-refractivity contribution < 1.29 is 5.11 Å². The van der Waals surface area contributed by atoms with E-state index in [2.05, 4.69) is 53.3 Å². The Balaban J connectivity index is 1.55. The van der Waals surface area contributed by atoms with Crippen LogP contribution < -0.4 is 0 Å². The maximum Gasteiger partial charge on any atom is 0.165 e. The van der Waals surface area contributed by atoms with Crippen molar-refractivity contribution in [1.82, 2.24) is 25.1 Å². The second-order valence-corrected chi connectivity index (χ2v) is 8.54. The van der Waals surface area contributed by atoms with Gasteiger partial charge in [-0.25, -0.2) is 4.68 Å².